The fourth-order valence-corrected chi connectivity index (χ4v) is 9.95. The van der Waals surface area contributed by atoms with Crippen LogP contribution >= 0.6 is 0 Å². The van der Waals surface area contributed by atoms with E-state index in [-0.39, 0.29) is 0 Å². The fourth-order valence-electron chi connectivity index (χ4n) is 9.95. The van der Waals surface area contributed by atoms with Crippen LogP contribution < -0.4 is 0 Å². The van der Waals surface area contributed by atoms with Crippen molar-refractivity contribution in [3.63, 3.8) is 0 Å². The number of benzene rings is 10. The highest BCUT2D eigenvalue weighted by atomic mass is 15.0. The van der Waals surface area contributed by atoms with E-state index >= 15 is 0 Å². The number of rotatable bonds is 8. The molecule has 3 aromatic heterocycles. The van der Waals surface area contributed by atoms with Gasteiger partial charge in [0.25, 0.3) is 0 Å². The van der Waals surface area contributed by atoms with Crippen LogP contribution in [0.2, 0.25) is 0 Å². The van der Waals surface area contributed by atoms with E-state index in [9.17, 15) is 0 Å². The maximum absolute atomic E-state index is 5.30. The summed E-state index contributed by atoms with van der Waals surface area (Å²) in [5.41, 5.74) is 16.2. The molecule has 0 saturated heterocycles. The van der Waals surface area contributed by atoms with E-state index < -0.39 is 0 Å². The Kier molecular flexibility index (Phi) is 9.43. The van der Waals surface area contributed by atoms with E-state index in [2.05, 4.69) is 246 Å². The zero-order chi connectivity index (χ0) is 45.0. The molecule has 0 saturated carbocycles. The molecule has 0 atom stereocenters. The van der Waals surface area contributed by atoms with E-state index in [1.165, 1.54) is 32.6 Å². The number of aromatic nitrogens is 5. The Labute approximate surface area is 393 Å². The summed E-state index contributed by atoms with van der Waals surface area (Å²) < 4.78 is 4.81. The molecule has 0 N–H and O–H groups in total. The smallest absolute Gasteiger partial charge is 0.164 e. The molecule has 0 unspecified atom stereocenters. The normalized spacial score (nSPS) is 11.5. The minimum absolute atomic E-state index is 0.595. The van der Waals surface area contributed by atoms with Crippen LogP contribution in [-0.4, -0.2) is 24.1 Å². The Morgan fingerprint density at radius 1 is 0.235 bits per heavy atom. The van der Waals surface area contributed by atoms with Crippen LogP contribution in [0.4, 0.5) is 0 Å². The van der Waals surface area contributed by atoms with Gasteiger partial charge in [0.15, 0.2) is 17.5 Å². The monoisotopic (exact) mass is 867 g/mol. The largest absolute Gasteiger partial charge is 0.309 e. The molecule has 0 fully saturated rings. The third kappa shape index (κ3) is 6.76. The molecule has 5 heteroatoms. The Hall–Kier alpha value is -9.19. The molecule has 10 aromatic carbocycles. The minimum atomic E-state index is 0.595. The van der Waals surface area contributed by atoms with Crippen LogP contribution in [0, 0.1) is 0 Å². The molecule has 0 aliphatic heterocycles. The third-order valence-corrected chi connectivity index (χ3v) is 13.2. The fraction of sp³-hybridized carbons (Fsp3) is 0. The van der Waals surface area contributed by atoms with Crippen LogP contribution in [0.3, 0.4) is 0 Å². The van der Waals surface area contributed by atoms with E-state index in [1.54, 1.807) is 0 Å². The Bertz CT molecular complexity index is 3950. The lowest BCUT2D eigenvalue weighted by atomic mass is 10.00. The molecule has 68 heavy (non-hydrogen) atoms. The van der Waals surface area contributed by atoms with Gasteiger partial charge in [0.2, 0.25) is 0 Å². The molecule has 13 rings (SSSR count). The van der Waals surface area contributed by atoms with Crippen molar-refractivity contribution in [3.05, 3.63) is 249 Å². The summed E-state index contributed by atoms with van der Waals surface area (Å²) in [6.07, 6.45) is 0. The molecule has 13 aromatic rings. The first-order valence-electron chi connectivity index (χ1n) is 23.0. The third-order valence-electron chi connectivity index (χ3n) is 13.2. The molecule has 0 spiro atoms. The highest BCUT2D eigenvalue weighted by molar-refractivity contribution is 6.12. The van der Waals surface area contributed by atoms with Gasteiger partial charge in [-0.3, -0.25) is 0 Å². The molecule has 5 nitrogen and oxygen atoms in total. The first kappa shape index (κ1) is 39.2. The second-order valence-corrected chi connectivity index (χ2v) is 17.2. The number of para-hydroxylation sites is 3. The summed E-state index contributed by atoms with van der Waals surface area (Å²) in [5, 5.41) is 4.84. The van der Waals surface area contributed by atoms with E-state index in [1.807, 2.05) is 12.1 Å². The van der Waals surface area contributed by atoms with Crippen molar-refractivity contribution in [1.82, 2.24) is 24.1 Å². The Morgan fingerprint density at radius 3 is 1.26 bits per heavy atom. The van der Waals surface area contributed by atoms with Crippen molar-refractivity contribution >= 4 is 43.6 Å². The molecule has 3 heterocycles. The SMILES string of the molecule is c1ccc(-c2ccc(-c3nc(-c4cccc(-c5ccccc5)c4)nc(-c4ccc(-c5ccccc5)c(-n5c6ccccc6c6cc(-n7c8ccccc8c8ccccc87)ccc65)c4)n3)cc2)cc1. The molecule has 0 aliphatic rings. The van der Waals surface area contributed by atoms with Crippen LogP contribution in [-0.2, 0) is 0 Å². The van der Waals surface area contributed by atoms with Gasteiger partial charge in [-0.2, -0.15) is 0 Å². The average molecular weight is 868 g/mol. The van der Waals surface area contributed by atoms with Crippen LogP contribution in [0.15, 0.2) is 249 Å². The van der Waals surface area contributed by atoms with Gasteiger partial charge in [-0.15, -0.1) is 0 Å². The summed E-state index contributed by atoms with van der Waals surface area (Å²) in [5.74, 6) is 1.81. The molecular formula is C63H41N5. The second kappa shape index (κ2) is 16.4. The number of nitrogens with zero attached hydrogens (tertiary/aromatic N) is 5. The molecule has 0 radical (unpaired) electrons. The summed E-state index contributed by atoms with van der Waals surface area (Å²) in [6.45, 7) is 0. The van der Waals surface area contributed by atoms with Gasteiger partial charge in [0.1, 0.15) is 0 Å². The lowest BCUT2D eigenvalue weighted by molar-refractivity contribution is 1.07. The van der Waals surface area contributed by atoms with E-state index in [4.69, 9.17) is 15.0 Å². The second-order valence-electron chi connectivity index (χ2n) is 17.2. The predicted octanol–water partition coefficient (Wildman–Crippen LogP) is 16.1. The maximum atomic E-state index is 5.30. The summed E-state index contributed by atoms with van der Waals surface area (Å²) >= 11 is 0. The first-order chi connectivity index (χ1) is 33.7. The van der Waals surface area contributed by atoms with Crippen molar-refractivity contribution < 1.29 is 0 Å². The highest BCUT2D eigenvalue weighted by Crippen LogP contribution is 2.41. The number of hydrogen-bond donors (Lipinski definition) is 0. The van der Waals surface area contributed by atoms with E-state index in [0.29, 0.717) is 17.5 Å². The Balaban J connectivity index is 1.02. The summed E-state index contributed by atoms with van der Waals surface area (Å²) in [7, 11) is 0. The van der Waals surface area contributed by atoms with Crippen LogP contribution in [0.5, 0.6) is 0 Å². The van der Waals surface area contributed by atoms with Crippen molar-refractivity contribution in [2.24, 2.45) is 0 Å². The van der Waals surface area contributed by atoms with Gasteiger partial charge in [-0.25, -0.2) is 15.0 Å². The molecule has 0 bridgehead atoms. The van der Waals surface area contributed by atoms with Gasteiger partial charge in [0.05, 0.1) is 27.8 Å². The number of fused-ring (bicyclic) bond motifs is 6. The van der Waals surface area contributed by atoms with Crippen molar-refractivity contribution in [3.8, 4) is 78.9 Å². The van der Waals surface area contributed by atoms with Gasteiger partial charge < -0.3 is 9.13 Å². The summed E-state index contributed by atoms with van der Waals surface area (Å²) in [4.78, 5) is 15.8. The van der Waals surface area contributed by atoms with Crippen LogP contribution in [0.1, 0.15) is 0 Å². The maximum Gasteiger partial charge on any atom is 0.164 e. The molecular weight excluding hydrogens is 827 g/mol. The first-order valence-corrected chi connectivity index (χ1v) is 23.0. The molecule has 0 aliphatic carbocycles. The topological polar surface area (TPSA) is 48.5 Å². The van der Waals surface area contributed by atoms with E-state index in [0.717, 1.165) is 72.5 Å². The zero-order valence-electron chi connectivity index (χ0n) is 36.9. The average Bonchev–Trinajstić information content (AvgIpc) is 3.94. The number of hydrogen-bond acceptors (Lipinski definition) is 3. The minimum Gasteiger partial charge on any atom is -0.309 e. The van der Waals surface area contributed by atoms with Crippen molar-refractivity contribution in [1.29, 1.82) is 0 Å². The standard InChI is InChI=1S/C63H41N5/c1-4-17-42(18-5-1)44-31-33-46(34-32-44)61-64-62(48-24-16-23-47(39-48)43-19-6-2-7-20-43)66-63(65-61)49-35-37-51(45-21-8-3-9-22-45)60(40-49)68-58-30-15-12-27-54(58)55-41-50(36-38-59(55)68)67-56-28-13-10-25-52(56)53-26-11-14-29-57(53)67/h1-41H. The van der Waals surface area contributed by atoms with Gasteiger partial charge in [-0.05, 0) is 76.3 Å². The van der Waals surface area contributed by atoms with Gasteiger partial charge in [-0.1, -0.05) is 200 Å². The van der Waals surface area contributed by atoms with Crippen molar-refractivity contribution in [2.75, 3.05) is 0 Å². The summed E-state index contributed by atoms with van der Waals surface area (Å²) in [6, 6.07) is 88.2. The van der Waals surface area contributed by atoms with Gasteiger partial charge in [0, 0.05) is 49.5 Å². The highest BCUT2D eigenvalue weighted by Gasteiger charge is 2.21. The predicted molar refractivity (Wildman–Crippen MR) is 281 cm³/mol. The van der Waals surface area contributed by atoms with Crippen molar-refractivity contribution in [2.45, 2.75) is 0 Å². The lowest BCUT2D eigenvalue weighted by Gasteiger charge is -2.17. The molecule has 318 valence electrons. The van der Waals surface area contributed by atoms with Gasteiger partial charge >= 0.3 is 0 Å². The zero-order valence-corrected chi connectivity index (χ0v) is 36.9. The lowest BCUT2D eigenvalue weighted by Crippen LogP contribution is -2.02. The Morgan fingerprint density at radius 2 is 0.647 bits per heavy atom. The quantitative estimate of drug-likeness (QED) is 0.153. The van der Waals surface area contributed by atoms with Crippen LogP contribution in [0.25, 0.3) is 123 Å². The molecule has 0 amide bonds.